The monoisotopic (exact) mass is 395 g/mol. The minimum atomic E-state index is -0.676. The number of esters is 1. The van der Waals surface area contributed by atoms with Crippen molar-refractivity contribution in [3.8, 4) is 5.75 Å². The highest BCUT2D eigenvalue weighted by atomic mass is 16.6. The lowest BCUT2D eigenvalue weighted by atomic mass is 10.2. The predicted molar refractivity (Wildman–Crippen MR) is 108 cm³/mol. The van der Waals surface area contributed by atoms with Crippen LogP contribution in [0.2, 0.25) is 0 Å². The molecule has 0 spiro atoms. The molecule has 0 aliphatic rings. The second-order valence-electron chi connectivity index (χ2n) is 6.60. The number of anilines is 1. The molecule has 3 aromatic rings. The number of para-hydroxylation sites is 1. The molecule has 29 heavy (non-hydrogen) atoms. The molecule has 1 amide bonds. The van der Waals surface area contributed by atoms with Gasteiger partial charge in [0.15, 0.2) is 13.2 Å². The first-order valence-corrected chi connectivity index (χ1v) is 9.13. The topological polar surface area (TPSA) is 86.0 Å². The molecule has 150 valence electrons. The molecular formula is C22H21NO6. The Morgan fingerprint density at radius 1 is 1.00 bits per heavy atom. The van der Waals surface area contributed by atoms with Gasteiger partial charge in [-0.05, 0) is 44.2 Å². The number of rotatable bonds is 7. The van der Waals surface area contributed by atoms with Crippen LogP contribution in [0.1, 0.15) is 13.8 Å². The summed E-state index contributed by atoms with van der Waals surface area (Å²) in [5.74, 6) is -0.653. The molecule has 7 heteroatoms. The summed E-state index contributed by atoms with van der Waals surface area (Å²) in [4.78, 5) is 37.4. The molecule has 3 rings (SSSR count). The van der Waals surface area contributed by atoms with Gasteiger partial charge in [0, 0.05) is 29.2 Å². The first-order chi connectivity index (χ1) is 13.9. The van der Waals surface area contributed by atoms with E-state index >= 15 is 0 Å². The van der Waals surface area contributed by atoms with Gasteiger partial charge in [0.1, 0.15) is 11.3 Å². The van der Waals surface area contributed by atoms with Crippen molar-refractivity contribution in [2.75, 3.05) is 18.1 Å². The molecule has 0 aliphatic carbocycles. The zero-order chi connectivity index (χ0) is 20.8. The predicted octanol–water partition coefficient (Wildman–Crippen LogP) is 3.16. The Hall–Kier alpha value is -3.61. The van der Waals surface area contributed by atoms with Gasteiger partial charge in [0.2, 0.25) is 0 Å². The van der Waals surface area contributed by atoms with Gasteiger partial charge in [-0.2, -0.15) is 0 Å². The van der Waals surface area contributed by atoms with Crippen LogP contribution in [0, 0.1) is 0 Å². The number of amides is 1. The molecule has 0 N–H and O–H groups in total. The molecule has 7 nitrogen and oxygen atoms in total. The Morgan fingerprint density at radius 2 is 1.72 bits per heavy atom. The van der Waals surface area contributed by atoms with E-state index in [9.17, 15) is 14.4 Å². The van der Waals surface area contributed by atoms with E-state index < -0.39 is 11.6 Å². The lowest BCUT2D eigenvalue weighted by molar-refractivity contribution is -0.149. The van der Waals surface area contributed by atoms with Crippen LogP contribution in [-0.2, 0) is 14.3 Å². The number of carbonyl (C=O) groups excluding carboxylic acids is 2. The smallest absolute Gasteiger partial charge is 0.344 e. The van der Waals surface area contributed by atoms with E-state index in [2.05, 4.69) is 0 Å². The zero-order valence-corrected chi connectivity index (χ0v) is 16.2. The van der Waals surface area contributed by atoms with Gasteiger partial charge in [0.25, 0.3) is 5.91 Å². The summed E-state index contributed by atoms with van der Waals surface area (Å²) in [7, 11) is 0. The number of benzene rings is 2. The highest BCUT2D eigenvalue weighted by Gasteiger charge is 2.20. The van der Waals surface area contributed by atoms with Crippen LogP contribution in [0.3, 0.4) is 0 Å². The van der Waals surface area contributed by atoms with Crippen molar-refractivity contribution in [3.63, 3.8) is 0 Å². The lowest BCUT2D eigenvalue weighted by Crippen LogP contribution is -2.40. The maximum Gasteiger partial charge on any atom is 0.344 e. The standard InChI is InChI=1S/C22H21NO6/c1-15(2)23(17-6-4-3-5-7-17)20(24)13-28-22(26)14-27-18-10-8-16-9-11-21(25)29-19(16)12-18/h3-12,15H,13-14H2,1-2H3. The third-order valence-electron chi connectivity index (χ3n) is 4.13. The summed E-state index contributed by atoms with van der Waals surface area (Å²) in [5, 5.41) is 0.736. The molecule has 0 aliphatic heterocycles. The van der Waals surface area contributed by atoms with Crippen molar-refractivity contribution in [2.45, 2.75) is 19.9 Å². The average Bonchev–Trinajstić information content (AvgIpc) is 2.71. The summed E-state index contributed by atoms with van der Waals surface area (Å²) in [6, 6.07) is 16.9. The Balaban J connectivity index is 1.55. The number of hydrogen-bond acceptors (Lipinski definition) is 6. The zero-order valence-electron chi connectivity index (χ0n) is 16.2. The van der Waals surface area contributed by atoms with E-state index in [0.29, 0.717) is 11.3 Å². The van der Waals surface area contributed by atoms with Crippen LogP contribution < -0.4 is 15.3 Å². The average molecular weight is 395 g/mol. The maximum absolute atomic E-state index is 12.5. The Bertz CT molecular complexity index is 1060. The summed E-state index contributed by atoms with van der Waals surface area (Å²) in [5.41, 5.74) is 0.618. The fourth-order valence-corrected chi connectivity index (χ4v) is 2.85. The second-order valence-corrected chi connectivity index (χ2v) is 6.60. The lowest BCUT2D eigenvalue weighted by Gasteiger charge is -2.26. The minimum absolute atomic E-state index is 0.0906. The van der Waals surface area contributed by atoms with Gasteiger partial charge in [-0.3, -0.25) is 4.79 Å². The molecule has 1 heterocycles. The largest absolute Gasteiger partial charge is 0.482 e. The van der Waals surface area contributed by atoms with Crippen molar-refractivity contribution < 1.29 is 23.5 Å². The SMILES string of the molecule is CC(C)N(C(=O)COC(=O)COc1ccc2ccc(=O)oc2c1)c1ccccc1. The van der Waals surface area contributed by atoms with Crippen molar-refractivity contribution in [3.05, 3.63) is 71.1 Å². The Kier molecular flexibility index (Phi) is 6.29. The van der Waals surface area contributed by atoms with Crippen LogP contribution in [-0.4, -0.2) is 31.1 Å². The van der Waals surface area contributed by atoms with Gasteiger partial charge in [-0.1, -0.05) is 18.2 Å². The molecule has 0 unspecified atom stereocenters. The molecule has 0 radical (unpaired) electrons. The first kappa shape index (κ1) is 20.1. The van der Waals surface area contributed by atoms with Crippen LogP contribution >= 0.6 is 0 Å². The van der Waals surface area contributed by atoms with Crippen molar-refractivity contribution in [1.29, 1.82) is 0 Å². The fourth-order valence-electron chi connectivity index (χ4n) is 2.85. The van der Waals surface area contributed by atoms with Gasteiger partial charge in [-0.15, -0.1) is 0 Å². The van der Waals surface area contributed by atoms with Gasteiger partial charge >= 0.3 is 11.6 Å². The summed E-state index contributed by atoms with van der Waals surface area (Å²) in [6.07, 6.45) is 0. The number of ether oxygens (including phenoxy) is 2. The van der Waals surface area contributed by atoms with Gasteiger partial charge in [-0.25, -0.2) is 9.59 Å². The van der Waals surface area contributed by atoms with Crippen molar-refractivity contribution in [1.82, 2.24) is 0 Å². The second kappa shape index (κ2) is 9.05. The Labute approximate surface area is 167 Å². The molecule has 1 aromatic heterocycles. The number of fused-ring (bicyclic) bond motifs is 1. The van der Waals surface area contributed by atoms with Crippen molar-refractivity contribution >= 4 is 28.5 Å². The molecule has 0 atom stereocenters. The third-order valence-corrected chi connectivity index (χ3v) is 4.13. The van der Waals surface area contributed by atoms with E-state index in [1.807, 2.05) is 44.2 Å². The molecule has 0 saturated carbocycles. The first-order valence-electron chi connectivity index (χ1n) is 9.13. The molecular weight excluding hydrogens is 374 g/mol. The van der Waals surface area contributed by atoms with Gasteiger partial charge in [0.05, 0.1) is 0 Å². The fraction of sp³-hybridized carbons (Fsp3) is 0.227. The summed E-state index contributed by atoms with van der Waals surface area (Å²) in [6.45, 7) is 3.01. The van der Waals surface area contributed by atoms with E-state index in [4.69, 9.17) is 13.9 Å². The normalized spacial score (nSPS) is 10.7. The van der Waals surface area contributed by atoms with Crippen LogP contribution in [0.4, 0.5) is 5.69 Å². The highest BCUT2D eigenvalue weighted by Crippen LogP contribution is 2.19. The van der Waals surface area contributed by atoms with Crippen LogP contribution in [0.25, 0.3) is 11.0 Å². The van der Waals surface area contributed by atoms with E-state index in [0.717, 1.165) is 11.1 Å². The number of hydrogen-bond donors (Lipinski definition) is 0. The number of carbonyl (C=O) groups is 2. The van der Waals surface area contributed by atoms with E-state index in [-0.39, 0.29) is 25.2 Å². The Morgan fingerprint density at radius 3 is 2.45 bits per heavy atom. The van der Waals surface area contributed by atoms with E-state index in [1.54, 1.807) is 23.1 Å². The number of nitrogens with zero attached hydrogens (tertiary/aromatic N) is 1. The van der Waals surface area contributed by atoms with Gasteiger partial charge < -0.3 is 18.8 Å². The highest BCUT2D eigenvalue weighted by molar-refractivity contribution is 5.95. The minimum Gasteiger partial charge on any atom is -0.482 e. The van der Waals surface area contributed by atoms with Crippen LogP contribution in [0.5, 0.6) is 5.75 Å². The summed E-state index contributed by atoms with van der Waals surface area (Å²) >= 11 is 0. The third kappa shape index (κ3) is 5.22. The molecule has 0 saturated heterocycles. The molecule has 2 aromatic carbocycles. The van der Waals surface area contributed by atoms with E-state index in [1.165, 1.54) is 12.1 Å². The van der Waals surface area contributed by atoms with Crippen molar-refractivity contribution in [2.24, 2.45) is 0 Å². The maximum atomic E-state index is 12.5. The molecule has 0 bridgehead atoms. The van der Waals surface area contributed by atoms with Crippen LogP contribution in [0.15, 0.2) is 69.9 Å². The quantitative estimate of drug-likeness (QED) is 0.451. The summed E-state index contributed by atoms with van der Waals surface area (Å²) < 4.78 is 15.5. The molecule has 0 fully saturated rings.